The zero-order valence-electron chi connectivity index (χ0n) is 14.4. The summed E-state index contributed by atoms with van der Waals surface area (Å²) >= 11 is 0. The van der Waals surface area contributed by atoms with E-state index in [2.05, 4.69) is 15.5 Å². The van der Waals surface area contributed by atoms with Gasteiger partial charge in [-0.15, -0.1) is 10.2 Å². The van der Waals surface area contributed by atoms with Gasteiger partial charge < -0.3 is 23.6 Å². The molecule has 1 aliphatic rings. The highest BCUT2D eigenvalue weighted by Gasteiger charge is 2.22. The first kappa shape index (κ1) is 16.1. The average molecular weight is 375 g/mol. The van der Waals surface area contributed by atoms with Gasteiger partial charge in [0, 0.05) is 11.3 Å². The molecule has 8 nitrogen and oxygen atoms in total. The largest absolute Gasteiger partial charge is 0.459 e. The maximum atomic E-state index is 12.7. The van der Waals surface area contributed by atoms with Gasteiger partial charge >= 0.3 is 0 Å². The zero-order valence-corrected chi connectivity index (χ0v) is 14.4. The first-order chi connectivity index (χ1) is 13.8. The fourth-order valence-electron chi connectivity index (χ4n) is 2.88. The molecule has 3 heterocycles. The van der Waals surface area contributed by atoms with Crippen LogP contribution in [0, 0.1) is 0 Å². The van der Waals surface area contributed by atoms with Gasteiger partial charge in [-0.25, -0.2) is 0 Å². The Kier molecular flexibility index (Phi) is 3.79. The Balaban J connectivity index is 1.39. The molecule has 0 aliphatic carbocycles. The minimum Gasteiger partial charge on any atom is -0.459 e. The Morgan fingerprint density at radius 3 is 2.75 bits per heavy atom. The molecule has 0 atom stereocenters. The third-order valence-electron chi connectivity index (χ3n) is 4.17. The van der Waals surface area contributed by atoms with Crippen molar-refractivity contribution >= 4 is 11.6 Å². The molecule has 4 aromatic rings. The molecule has 138 valence electrons. The van der Waals surface area contributed by atoms with E-state index in [0.29, 0.717) is 40.0 Å². The summed E-state index contributed by atoms with van der Waals surface area (Å²) in [6.45, 7) is 0.101. The molecular formula is C20H13N3O5. The van der Waals surface area contributed by atoms with Crippen LogP contribution in [-0.2, 0) is 0 Å². The Morgan fingerprint density at radius 2 is 1.86 bits per heavy atom. The Labute approximate surface area is 158 Å². The van der Waals surface area contributed by atoms with Gasteiger partial charge in [-0.05, 0) is 42.5 Å². The summed E-state index contributed by atoms with van der Waals surface area (Å²) in [6.07, 6.45) is 1.53. The third kappa shape index (κ3) is 2.86. The summed E-state index contributed by atoms with van der Waals surface area (Å²) in [5, 5.41) is 10.9. The number of benzene rings is 2. The van der Waals surface area contributed by atoms with Crippen LogP contribution in [0.15, 0.2) is 69.7 Å². The number of aromatic nitrogens is 2. The van der Waals surface area contributed by atoms with Crippen LogP contribution < -0.4 is 14.8 Å². The number of hydrogen-bond acceptors (Lipinski definition) is 7. The lowest BCUT2D eigenvalue weighted by Crippen LogP contribution is -2.12. The van der Waals surface area contributed by atoms with E-state index in [1.807, 2.05) is 6.07 Å². The standard InChI is InChI=1S/C20H13N3O5/c24-18(14-6-2-7-15-17(14)27-11-26-15)21-13-5-1-4-12(10-13)19-22-23-20(28-19)16-8-3-9-25-16/h1-10H,11H2,(H,21,24). The van der Waals surface area contributed by atoms with E-state index in [1.165, 1.54) is 6.26 Å². The second-order valence-corrected chi connectivity index (χ2v) is 5.96. The van der Waals surface area contributed by atoms with Crippen molar-refractivity contribution in [3.63, 3.8) is 0 Å². The zero-order chi connectivity index (χ0) is 18.9. The number of carbonyl (C=O) groups excluding carboxylic acids is 1. The number of nitrogens with zero attached hydrogens (tertiary/aromatic N) is 2. The molecule has 1 amide bonds. The van der Waals surface area contributed by atoms with Crippen LogP contribution in [0.1, 0.15) is 10.4 Å². The topological polar surface area (TPSA) is 99.6 Å². The predicted molar refractivity (Wildman–Crippen MR) is 98.0 cm³/mol. The quantitative estimate of drug-likeness (QED) is 0.576. The molecule has 0 saturated carbocycles. The smallest absolute Gasteiger partial charge is 0.283 e. The summed E-state index contributed by atoms with van der Waals surface area (Å²) in [6, 6.07) is 15.8. The number of anilines is 1. The number of nitrogens with one attached hydrogen (secondary N) is 1. The van der Waals surface area contributed by atoms with Crippen molar-refractivity contribution in [3.05, 3.63) is 66.4 Å². The summed E-state index contributed by atoms with van der Waals surface area (Å²) in [5.41, 5.74) is 1.65. The maximum absolute atomic E-state index is 12.7. The molecule has 8 heteroatoms. The number of fused-ring (bicyclic) bond motifs is 1. The first-order valence-electron chi connectivity index (χ1n) is 8.46. The highest BCUT2D eigenvalue weighted by Crippen LogP contribution is 2.35. The van der Waals surface area contributed by atoms with Gasteiger partial charge in [0.2, 0.25) is 12.7 Å². The van der Waals surface area contributed by atoms with E-state index < -0.39 is 0 Å². The van der Waals surface area contributed by atoms with Crippen LogP contribution in [0.3, 0.4) is 0 Å². The van der Waals surface area contributed by atoms with Crippen molar-refractivity contribution in [2.75, 3.05) is 12.1 Å². The molecule has 2 aromatic heterocycles. The minimum absolute atomic E-state index is 0.101. The minimum atomic E-state index is -0.304. The lowest BCUT2D eigenvalue weighted by atomic mass is 10.1. The van der Waals surface area contributed by atoms with E-state index >= 15 is 0 Å². The van der Waals surface area contributed by atoms with Crippen molar-refractivity contribution in [2.24, 2.45) is 0 Å². The molecule has 1 aliphatic heterocycles. The van der Waals surface area contributed by atoms with E-state index in [0.717, 1.165) is 0 Å². The molecule has 0 saturated heterocycles. The molecule has 0 radical (unpaired) electrons. The summed E-state index contributed by atoms with van der Waals surface area (Å²) in [5.74, 6) is 1.78. The fraction of sp³-hybridized carbons (Fsp3) is 0.0500. The molecule has 0 fully saturated rings. The Morgan fingerprint density at radius 1 is 0.964 bits per heavy atom. The van der Waals surface area contributed by atoms with Crippen molar-refractivity contribution in [1.82, 2.24) is 10.2 Å². The molecular weight excluding hydrogens is 362 g/mol. The van der Waals surface area contributed by atoms with Crippen molar-refractivity contribution in [3.8, 4) is 34.6 Å². The Hall–Kier alpha value is -4.07. The molecule has 5 rings (SSSR count). The number of hydrogen-bond donors (Lipinski definition) is 1. The normalized spacial score (nSPS) is 12.1. The van der Waals surface area contributed by atoms with Crippen molar-refractivity contribution in [2.45, 2.75) is 0 Å². The third-order valence-corrected chi connectivity index (χ3v) is 4.17. The van der Waals surface area contributed by atoms with Crippen LogP contribution >= 0.6 is 0 Å². The molecule has 0 unspecified atom stereocenters. The number of para-hydroxylation sites is 1. The number of amides is 1. The molecule has 2 aromatic carbocycles. The van der Waals surface area contributed by atoms with Gasteiger partial charge in [-0.1, -0.05) is 12.1 Å². The van der Waals surface area contributed by atoms with Crippen LogP contribution in [0.4, 0.5) is 5.69 Å². The summed E-state index contributed by atoms with van der Waals surface area (Å²) < 4.78 is 21.6. The van der Waals surface area contributed by atoms with Crippen molar-refractivity contribution < 1.29 is 23.1 Å². The van der Waals surface area contributed by atoms with E-state index in [9.17, 15) is 4.79 Å². The Bertz CT molecular complexity index is 1150. The second kappa shape index (κ2) is 6.58. The maximum Gasteiger partial charge on any atom is 0.283 e. The monoisotopic (exact) mass is 375 g/mol. The molecule has 0 spiro atoms. The first-order valence-corrected chi connectivity index (χ1v) is 8.46. The lowest BCUT2D eigenvalue weighted by molar-refractivity contribution is 0.102. The van der Waals surface area contributed by atoms with Crippen molar-refractivity contribution in [1.29, 1.82) is 0 Å². The number of carbonyl (C=O) groups is 1. The summed E-state index contributed by atoms with van der Waals surface area (Å²) in [4.78, 5) is 12.7. The predicted octanol–water partition coefficient (Wildman–Crippen LogP) is 3.98. The van der Waals surface area contributed by atoms with Gasteiger partial charge in [0.05, 0.1) is 11.8 Å². The average Bonchev–Trinajstić information content (AvgIpc) is 3.48. The number of rotatable bonds is 4. The number of ether oxygens (including phenoxy) is 2. The number of furan rings is 1. The fourth-order valence-corrected chi connectivity index (χ4v) is 2.88. The van der Waals surface area contributed by atoms with E-state index in [4.69, 9.17) is 18.3 Å². The van der Waals surface area contributed by atoms with Crippen LogP contribution in [0.25, 0.3) is 23.1 Å². The molecule has 28 heavy (non-hydrogen) atoms. The lowest BCUT2D eigenvalue weighted by Gasteiger charge is -2.08. The second-order valence-electron chi connectivity index (χ2n) is 5.96. The van der Waals surface area contributed by atoms with Gasteiger partial charge in [-0.2, -0.15) is 0 Å². The van der Waals surface area contributed by atoms with Gasteiger partial charge in [0.1, 0.15) is 0 Å². The van der Waals surface area contributed by atoms with E-state index in [-0.39, 0.29) is 18.6 Å². The molecule has 0 bridgehead atoms. The molecule has 1 N–H and O–H groups in total. The van der Waals surface area contributed by atoms with Crippen LogP contribution in [-0.4, -0.2) is 22.9 Å². The van der Waals surface area contributed by atoms with Gasteiger partial charge in [0.15, 0.2) is 17.3 Å². The van der Waals surface area contributed by atoms with Gasteiger partial charge in [-0.3, -0.25) is 4.79 Å². The van der Waals surface area contributed by atoms with E-state index in [1.54, 1.807) is 48.5 Å². The highest BCUT2D eigenvalue weighted by atomic mass is 16.7. The van der Waals surface area contributed by atoms with Crippen LogP contribution in [0.5, 0.6) is 11.5 Å². The summed E-state index contributed by atoms with van der Waals surface area (Å²) in [7, 11) is 0. The van der Waals surface area contributed by atoms with Gasteiger partial charge in [0.25, 0.3) is 11.8 Å². The SMILES string of the molecule is O=C(Nc1cccc(-c2nnc(-c3ccco3)o2)c1)c1cccc2c1OCO2. The highest BCUT2D eigenvalue weighted by molar-refractivity contribution is 6.07. The van der Waals surface area contributed by atoms with Crippen LogP contribution in [0.2, 0.25) is 0 Å².